The van der Waals surface area contributed by atoms with Crippen LogP contribution in [-0.4, -0.2) is 31.6 Å². The number of rotatable bonds is 5. The Kier molecular flexibility index (Phi) is 5.49. The molecule has 1 aromatic heterocycles. The predicted molar refractivity (Wildman–Crippen MR) is 102 cm³/mol. The third kappa shape index (κ3) is 3.84. The number of fused-ring (bicyclic) bond motifs is 1. The molecule has 2 amide bonds. The molecule has 0 aliphatic rings. The molecule has 4 nitrogen and oxygen atoms in total. The van der Waals surface area contributed by atoms with E-state index in [1.165, 1.54) is 10.8 Å². The number of hydrogen-bond acceptors (Lipinski definition) is 3. The first-order valence-electron chi connectivity index (χ1n) is 8.09. The number of halogens is 2. The first kappa shape index (κ1) is 18.3. The lowest BCUT2D eigenvalue weighted by Gasteiger charge is -2.24. The molecule has 1 atom stereocenters. The third-order valence-corrected chi connectivity index (χ3v) is 5.13. The molecule has 7 heteroatoms. The van der Waals surface area contributed by atoms with Crippen molar-refractivity contribution in [1.82, 2.24) is 10.2 Å². The number of carbonyl (C=O) groups is 1. The number of para-hydroxylation sites is 1. The largest absolute Gasteiger partial charge is 0.336 e. The molecular weight excluding hydrogens is 356 g/mol. The van der Waals surface area contributed by atoms with Gasteiger partial charge in [0.15, 0.2) is 0 Å². The number of nitrogens with one attached hydrogen (secondary N) is 2. The van der Waals surface area contributed by atoms with Gasteiger partial charge in [0.2, 0.25) is 0 Å². The fraction of sp³-hybridized carbons (Fsp3) is 0.211. The van der Waals surface area contributed by atoms with Gasteiger partial charge in [-0.15, -0.1) is 11.3 Å². The summed E-state index contributed by atoms with van der Waals surface area (Å²) in [5, 5.41) is 8.15. The van der Waals surface area contributed by atoms with Crippen LogP contribution in [0.2, 0.25) is 0 Å². The number of urea groups is 1. The maximum atomic E-state index is 13.6. The fourth-order valence-corrected chi connectivity index (χ4v) is 3.80. The van der Waals surface area contributed by atoms with Crippen LogP contribution >= 0.6 is 11.3 Å². The Hall–Kier alpha value is -2.51. The zero-order valence-electron chi connectivity index (χ0n) is 14.4. The van der Waals surface area contributed by atoms with Gasteiger partial charge in [-0.25, -0.2) is 13.6 Å². The summed E-state index contributed by atoms with van der Waals surface area (Å²) in [6.45, 7) is 0.301. The highest BCUT2D eigenvalue weighted by molar-refractivity contribution is 7.17. The highest BCUT2D eigenvalue weighted by atomic mass is 32.1. The molecule has 0 saturated carbocycles. The average Bonchev–Trinajstić information content (AvgIpc) is 3.02. The Labute approximate surface area is 154 Å². The Morgan fingerprint density at radius 3 is 2.50 bits per heavy atom. The van der Waals surface area contributed by atoms with E-state index in [1.54, 1.807) is 11.3 Å². The molecule has 0 unspecified atom stereocenters. The second-order valence-corrected chi connectivity index (χ2v) is 7.01. The van der Waals surface area contributed by atoms with Gasteiger partial charge in [-0.3, -0.25) is 0 Å². The number of carbonyl (C=O) groups excluding carboxylic acids is 1. The smallest absolute Gasteiger partial charge is 0.319 e. The topological polar surface area (TPSA) is 44.4 Å². The van der Waals surface area contributed by atoms with Gasteiger partial charge in [-0.1, -0.05) is 24.3 Å². The maximum absolute atomic E-state index is 13.6. The minimum Gasteiger partial charge on any atom is -0.336 e. The number of benzene rings is 2. The summed E-state index contributed by atoms with van der Waals surface area (Å²) in [6.07, 6.45) is 0. The highest BCUT2D eigenvalue weighted by Gasteiger charge is 2.19. The van der Waals surface area contributed by atoms with E-state index in [9.17, 15) is 13.6 Å². The number of hydrogen-bond donors (Lipinski definition) is 2. The van der Waals surface area contributed by atoms with Crippen LogP contribution in [-0.2, 0) is 0 Å². The van der Waals surface area contributed by atoms with E-state index in [0.29, 0.717) is 6.54 Å². The van der Waals surface area contributed by atoms with E-state index in [0.717, 1.165) is 23.1 Å². The van der Waals surface area contributed by atoms with E-state index in [-0.39, 0.29) is 6.04 Å². The average molecular weight is 375 g/mol. The summed E-state index contributed by atoms with van der Waals surface area (Å²) in [6, 6.07) is 10.8. The standard InChI is InChI=1S/C19H19F2N3OS/c1-24(2)16(13-11-26-17-9-4-3-6-12(13)17)10-22-19(25)23-18-14(20)7-5-8-15(18)21/h3-9,11,16H,10H2,1-2H3,(H2,22,23,25)/t16-/m1/s1. The molecule has 3 rings (SSSR count). The lowest BCUT2D eigenvalue weighted by atomic mass is 10.0. The number of nitrogens with zero attached hydrogens (tertiary/aromatic N) is 1. The molecule has 1 heterocycles. The summed E-state index contributed by atoms with van der Waals surface area (Å²) in [5.74, 6) is -1.62. The van der Waals surface area contributed by atoms with E-state index < -0.39 is 23.4 Å². The molecule has 0 radical (unpaired) electrons. The second-order valence-electron chi connectivity index (χ2n) is 6.10. The first-order valence-corrected chi connectivity index (χ1v) is 8.96. The van der Waals surface area contributed by atoms with Crippen molar-refractivity contribution >= 4 is 33.1 Å². The Bertz CT molecular complexity index is 906. The van der Waals surface area contributed by atoms with Crippen LogP contribution < -0.4 is 10.6 Å². The molecule has 0 spiro atoms. The van der Waals surface area contributed by atoms with Crippen molar-refractivity contribution in [2.45, 2.75) is 6.04 Å². The molecular formula is C19H19F2N3OS. The van der Waals surface area contributed by atoms with Gasteiger partial charge in [0.1, 0.15) is 17.3 Å². The molecule has 0 aliphatic heterocycles. The van der Waals surface area contributed by atoms with E-state index >= 15 is 0 Å². The van der Waals surface area contributed by atoms with Gasteiger partial charge >= 0.3 is 6.03 Å². The van der Waals surface area contributed by atoms with Crippen molar-refractivity contribution < 1.29 is 13.6 Å². The third-order valence-electron chi connectivity index (χ3n) is 4.15. The maximum Gasteiger partial charge on any atom is 0.319 e. The van der Waals surface area contributed by atoms with Gasteiger partial charge in [0, 0.05) is 11.2 Å². The van der Waals surface area contributed by atoms with Crippen LogP contribution in [0.15, 0.2) is 47.8 Å². The molecule has 26 heavy (non-hydrogen) atoms. The highest BCUT2D eigenvalue weighted by Crippen LogP contribution is 2.32. The first-order chi connectivity index (χ1) is 12.5. The molecule has 0 aliphatic carbocycles. The molecule has 2 N–H and O–H groups in total. The Balaban J connectivity index is 1.72. The van der Waals surface area contributed by atoms with Crippen molar-refractivity contribution in [2.75, 3.05) is 26.0 Å². The van der Waals surface area contributed by atoms with Gasteiger partial charge in [0.05, 0.1) is 6.04 Å². The summed E-state index contributed by atoms with van der Waals surface area (Å²) in [4.78, 5) is 14.1. The van der Waals surface area contributed by atoms with E-state index in [1.807, 2.05) is 37.2 Å². The molecule has 0 bridgehead atoms. The van der Waals surface area contributed by atoms with E-state index in [4.69, 9.17) is 0 Å². The van der Waals surface area contributed by atoms with Crippen molar-refractivity contribution in [2.24, 2.45) is 0 Å². The lowest BCUT2D eigenvalue weighted by Crippen LogP contribution is -2.37. The van der Waals surface area contributed by atoms with Crippen LogP contribution in [0.1, 0.15) is 11.6 Å². The number of amides is 2. The van der Waals surface area contributed by atoms with Crippen LogP contribution in [0.5, 0.6) is 0 Å². The van der Waals surface area contributed by atoms with Crippen LogP contribution in [0.3, 0.4) is 0 Å². The SMILES string of the molecule is CN(C)[C@H](CNC(=O)Nc1c(F)cccc1F)c1csc2ccccc12. The molecule has 2 aromatic carbocycles. The van der Waals surface area contributed by atoms with Gasteiger partial charge in [-0.05, 0) is 48.6 Å². The van der Waals surface area contributed by atoms with Crippen LogP contribution in [0.25, 0.3) is 10.1 Å². The second kappa shape index (κ2) is 7.80. The summed E-state index contributed by atoms with van der Waals surface area (Å²) in [7, 11) is 3.85. The zero-order valence-corrected chi connectivity index (χ0v) is 15.2. The Morgan fingerprint density at radius 1 is 1.12 bits per heavy atom. The van der Waals surface area contributed by atoms with Crippen molar-refractivity contribution in [3.05, 3.63) is 65.0 Å². The molecule has 136 valence electrons. The van der Waals surface area contributed by atoms with Crippen molar-refractivity contribution in [1.29, 1.82) is 0 Å². The van der Waals surface area contributed by atoms with Crippen molar-refractivity contribution in [3.63, 3.8) is 0 Å². The van der Waals surface area contributed by atoms with Gasteiger partial charge in [-0.2, -0.15) is 0 Å². The molecule has 0 fully saturated rings. The summed E-state index contributed by atoms with van der Waals surface area (Å²) in [5.41, 5.74) is 0.653. The van der Waals surface area contributed by atoms with E-state index in [2.05, 4.69) is 22.1 Å². The Morgan fingerprint density at radius 2 is 1.81 bits per heavy atom. The summed E-state index contributed by atoms with van der Waals surface area (Å²) < 4.78 is 28.5. The van der Waals surface area contributed by atoms with Crippen molar-refractivity contribution in [3.8, 4) is 0 Å². The lowest BCUT2D eigenvalue weighted by molar-refractivity contribution is 0.243. The van der Waals surface area contributed by atoms with Gasteiger partial charge in [0.25, 0.3) is 0 Å². The zero-order chi connectivity index (χ0) is 18.7. The fourth-order valence-electron chi connectivity index (χ4n) is 2.79. The van der Waals surface area contributed by atoms with Gasteiger partial charge < -0.3 is 15.5 Å². The number of likely N-dealkylation sites (N-methyl/N-ethyl adjacent to an activating group) is 1. The number of thiophene rings is 1. The minimum absolute atomic E-state index is 0.0673. The van der Waals surface area contributed by atoms with Crippen LogP contribution in [0.4, 0.5) is 19.3 Å². The molecule has 0 saturated heterocycles. The minimum atomic E-state index is -0.812. The number of anilines is 1. The molecule has 3 aromatic rings. The normalized spacial score (nSPS) is 12.3. The summed E-state index contributed by atoms with van der Waals surface area (Å²) >= 11 is 1.65. The predicted octanol–water partition coefficient (Wildman–Crippen LogP) is 4.60. The monoisotopic (exact) mass is 375 g/mol. The quantitative estimate of drug-likeness (QED) is 0.684. The van der Waals surface area contributed by atoms with Crippen LogP contribution in [0, 0.1) is 11.6 Å².